The van der Waals surface area contributed by atoms with Gasteiger partial charge in [-0.25, -0.2) is 0 Å². The molecule has 0 radical (unpaired) electrons. The molecule has 4 heteroatoms. The highest BCUT2D eigenvalue weighted by Gasteiger charge is 2.32. The van der Waals surface area contributed by atoms with E-state index in [-0.39, 0.29) is 5.91 Å². The lowest BCUT2D eigenvalue weighted by Gasteiger charge is -2.23. The third-order valence-corrected chi connectivity index (χ3v) is 4.55. The highest BCUT2D eigenvalue weighted by Crippen LogP contribution is 2.35. The van der Waals surface area contributed by atoms with E-state index in [2.05, 4.69) is 15.9 Å². The molecule has 3 rings (SSSR count). The predicted molar refractivity (Wildman–Crippen MR) is 79.9 cm³/mol. The first-order valence-corrected chi connectivity index (χ1v) is 7.77. The van der Waals surface area contributed by atoms with Crippen LogP contribution in [-0.2, 0) is 0 Å². The van der Waals surface area contributed by atoms with E-state index in [0.29, 0.717) is 11.3 Å². The second-order valence-corrected chi connectivity index (χ2v) is 6.69. The third kappa shape index (κ3) is 3.30. The van der Waals surface area contributed by atoms with Gasteiger partial charge in [-0.3, -0.25) is 4.79 Å². The van der Waals surface area contributed by atoms with E-state index in [1.807, 2.05) is 17.0 Å². The molecular formula is C15H19BrN2O. The van der Waals surface area contributed by atoms with E-state index < -0.39 is 0 Å². The molecule has 0 spiro atoms. The summed E-state index contributed by atoms with van der Waals surface area (Å²) in [5, 5.41) is 0. The van der Waals surface area contributed by atoms with E-state index in [1.54, 1.807) is 6.07 Å². The van der Waals surface area contributed by atoms with Gasteiger partial charge in [0, 0.05) is 23.2 Å². The Balaban J connectivity index is 1.78. The first-order chi connectivity index (χ1) is 9.13. The summed E-state index contributed by atoms with van der Waals surface area (Å²) in [6.45, 7) is 1.83. The molecule has 2 saturated carbocycles. The molecule has 0 unspecified atom stereocenters. The van der Waals surface area contributed by atoms with Crippen LogP contribution in [0.3, 0.4) is 0 Å². The first-order valence-electron chi connectivity index (χ1n) is 6.98. The van der Waals surface area contributed by atoms with Gasteiger partial charge >= 0.3 is 0 Å². The van der Waals surface area contributed by atoms with Gasteiger partial charge in [0.15, 0.2) is 0 Å². The zero-order valence-electron chi connectivity index (χ0n) is 10.9. The monoisotopic (exact) mass is 322 g/mol. The van der Waals surface area contributed by atoms with Gasteiger partial charge in [-0.2, -0.15) is 0 Å². The lowest BCUT2D eigenvalue weighted by molar-refractivity contribution is 0.0738. The molecule has 0 atom stereocenters. The van der Waals surface area contributed by atoms with E-state index in [9.17, 15) is 4.79 Å². The Morgan fingerprint density at radius 1 is 1.21 bits per heavy atom. The minimum atomic E-state index is 0.123. The zero-order chi connectivity index (χ0) is 13.4. The fraction of sp³-hybridized carbons (Fsp3) is 0.533. The van der Waals surface area contributed by atoms with Crippen LogP contribution in [0.15, 0.2) is 22.7 Å². The second kappa shape index (κ2) is 5.16. The Kier molecular flexibility index (Phi) is 3.52. The number of hydrogen-bond donors (Lipinski definition) is 1. The van der Waals surface area contributed by atoms with Gasteiger partial charge in [-0.05, 0) is 71.6 Å². The standard InChI is InChI=1S/C15H19BrN2O/c16-14-6-5-12(17)7-13(14)15(19)18(8-10-1-2-10)9-11-3-4-11/h5-7,10-11H,1-4,8-9,17H2. The number of amides is 1. The Morgan fingerprint density at radius 3 is 2.32 bits per heavy atom. The van der Waals surface area contributed by atoms with Crippen molar-refractivity contribution in [3.05, 3.63) is 28.2 Å². The van der Waals surface area contributed by atoms with Crippen molar-refractivity contribution in [1.29, 1.82) is 0 Å². The lowest BCUT2D eigenvalue weighted by atomic mass is 10.1. The SMILES string of the molecule is Nc1ccc(Br)c(C(=O)N(CC2CC2)CC2CC2)c1. The van der Waals surface area contributed by atoms with Crippen molar-refractivity contribution < 1.29 is 4.79 Å². The van der Waals surface area contributed by atoms with Crippen LogP contribution in [0.4, 0.5) is 5.69 Å². The van der Waals surface area contributed by atoms with Crippen molar-refractivity contribution in [2.24, 2.45) is 11.8 Å². The van der Waals surface area contributed by atoms with Crippen LogP contribution in [0.2, 0.25) is 0 Å². The molecule has 3 nitrogen and oxygen atoms in total. The van der Waals surface area contributed by atoms with E-state index in [1.165, 1.54) is 25.7 Å². The summed E-state index contributed by atoms with van der Waals surface area (Å²) in [4.78, 5) is 14.7. The second-order valence-electron chi connectivity index (χ2n) is 5.84. The summed E-state index contributed by atoms with van der Waals surface area (Å²) in [5.41, 5.74) is 7.14. The summed E-state index contributed by atoms with van der Waals surface area (Å²) < 4.78 is 0.836. The third-order valence-electron chi connectivity index (χ3n) is 3.86. The summed E-state index contributed by atoms with van der Waals surface area (Å²) in [7, 11) is 0. The summed E-state index contributed by atoms with van der Waals surface area (Å²) >= 11 is 3.46. The van der Waals surface area contributed by atoms with Crippen molar-refractivity contribution in [3.8, 4) is 0 Å². The predicted octanol–water partition coefficient (Wildman–Crippen LogP) is 3.29. The van der Waals surface area contributed by atoms with E-state index >= 15 is 0 Å². The van der Waals surface area contributed by atoms with E-state index in [0.717, 1.165) is 29.4 Å². The Hall–Kier alpha value is -1.03. The van der Waals surface area contributed by atoms with Crippen LogP contribution >= 0.6 is 15.9 Å². The van der Waals surface area contributed by atoms with Crippen LogP contribution in [0.25, 0.3) is 0 Å². The van der Waals surface area contributed by atoms with Gasteiger partial charge in [0.1, 0.15) is 0 Å². The molecule has 2 aliphatic rings. The quantitative estimate of drug-likeness (QED) is 0.845. The van der Waals surface area contributed by atoms with Crippen molar-refractivity contribution in [3.63, 3.8) is 0 Å². The number of rotatable bonds is 5. The molecule has 19 heavy (non-hydrogen) atoms. The Morgan fingerprint density at radius 2 is 1.79 bits per heavy atom. The number of anilines is 1. The van der Waals surface area contributed by atoms with Gasteiger partial charge in [-0.1, -0.05) is 0 Å². The van der Waals surface area contributed by atoms with Gasteiger partial charge in [0.2, 0.25) is 0 Å². The molecule has 0 aromatic heterocycles. The molecule has 2 fully saturated rings. The van der Waals surface area contributed by atoms with Gasteiger partial charge in [0.25, 0.3) is 5.91 Å². The number of benzene rings is 1. The molecule has 0 aliphatic heterocycles. The van der Waals surface area contributed by atoms with E-state index in [4.69, 9.17) is 5.73 Å². The molecule has 0 saturated heterocycles. The maximum atomic E-state index is 12.7. The molecule has 0 bridgehead atoms. The molecule has 1 aromatic rings. The fourth-order valence-electron chi connectivity index (χ4n) is 2.34. The average Bonchev–Trinajstić information content (AvgIpc) is 3.25. The van der Waals surface area contributed by atoms with Crippen LogP contribution in [-0.4, -0.2) is 23.9 Å². The number of nitrogens with two attached hydrogens (primary N) is 1. The van der Waals surface area contributed by atoms with Gasteiger partial charge < -0.3 is 10.6 Å². The number of nitrogens with zero attached hydrogens (tertiary/aromatic N) is 1. The topological polar surface area (TPSA) is 46.3 Å². The van der Waals surface area contributed by atoms with Crippen LogP contribution in [0.5, 0.6) is 0 Å². The molecule has 1 amide bonds. The fourth-order valence-corrected chi connectivity index (χ4v) is 2.76. The van der Waals surface area contributed by atoms with Crippen molar-refractivity contribution in [2.75, 3.05) is 18.8 Å². The van der Waals surface area contributed by atoms with Crippen LogP contribution < -0.4 is 5.73 Å². The summed E-state index contributed by atoms with van der Waals surface area (Å²) in [6, 6.07) is 5.45. The summed E-state index contributed by atoms with van der Waals surface area (Å²) in [6.07, 6.45) is 5.08. The van der Waals surface area contributed by atoms with Crippen LogP contribution in [0.1, 0.15) is 36.0 Å². The Labute approximate surface area is 122 Å². The molecule has 2 aliphatic carbocycles. The maximum absolute atomic E-state index is 12.7. The molecule has 1 aromatic carbocycles. The minimum absolute atomic E-state index is 0.123. The number of nitrogen functional groups attached to an aromatic ring is 1. The molecule has 0 heterocycles. The average molecular weight is 323 g/mol. The molecule has 102 valence electrons. The normalized spacial score (nSPS) is 18.4. The smallest absolute Gasteiger partial charge is 0.255 e. The zero-order valence-corrected chi connectivity index (χ0v) is 12.5. The molecule has 2 N–H and O–H groups in total. The lowest BCUT2D eigenvalue weighted by Crippen LogP contribution is -2.35. The number of hydrogen-bond acceptors (Lipinski definition) is 2. The minimum Gasteiger partial charge on any atom is -0.399 e. The van der Waals surface area contributed by atoms with Crippen molar-refractivity contribution >= 4 is 27.5 Å². The number of carbonyl (C=O) groups is 1. The highest BCUT2D eigenvalue weighted by atomic mass is 79.9. The number of halogens is 1. The summed E-state index contributed by atoms with van der Waals surface area (Å²) in [5.74, 6) is 1.57. The number of carbonyl (C=O) groups excluding carboxylic acids is 1. The highest BCUT2D eigenvalue weighted by molar-refractivity contribution is 9.10. The van der Waals surface area contributed by atoms with Crippen molar-refractivity contribution in [2.45, 2.75) is 25.7 Å². The maximum Gasteiger partial charge on any atom is 0.255 e. The van der Waals surface area contributed by atoms with Crippen molar-refractivity contribution in [1.82, 2.24) is 4.90 Å². The van der Waals surface area contributed by atoms with Crippen LogP contribution in [0, 0.1) is 11.8 Å². The molecular weight excluding hydrogens is 304 g/mol. The van der Waals surface area contributed by atoms with Gasteiger partial charge in [0.05, 0.1) is 5.56 Å². The first kappa shape index (κ1) is 13.0. The van der Waals surface area contributed by atoms with Gasteiger partial charge in [-0.15, -0.1) is 0 Å². The largest absolute Gasteiger partial charge is 0.399 e. The Bertz CT molecular complexity index is 481.